The molecule has 0 amide bonds. The van der Waals surface area contributed by atoms with Crippen molar-refractivity contribution in [1.82, 2.24) is 4.90 Å². The van der Waals surface area contributed by atoms with E-state index in [2.05, 4.69) is 0 Å². The van der Waals surface area contributed by atoms with E-state index in [4.69, 9.17) is 9.84 Å². The molecule has 0 aliphatic carbocycles. The highest BCUT2D eigenvalue weighted by Crippen LogP contribution is 2.10. The Morgan fingerprint density at radius 1 is 1.46 bits per heavy atom. The Morgan fingerprint density at radius 2 is 2.00 bits per heavy atom. The summed E-state index contributed by atoms with van der Waals surface area (Å²) in [5.41, 5.74) is 0. The van der Waals surface area contributed by atoms with E-state index in [1.54, 1.807) is 6.20 Å². The number of carboxylic acid groups (broad SMARTS) is 1. The molecule has 0 aromatic carbocycles. The summed E-state index contributed by atoms with van der Waals surface area (Å²) in [7, 11) is 0. The fourth-order valence-corrected chi connectivity index (χ4v) is 1.51. The van der Waals surface area contributed by atoms with Gasteiger partial charge in [0.15, 0.2) is 0 Å². The number of aliphatic carboxylic acids is 1. The van der Waals surface area contributed by atoms with Crippen molar-refractivity contribution in [1.29, 1.82) is 0 Å². The van der Waals surface area contributed by atoms with Crippen molar-refractivity contribution in [2.45, 2.75) is 26.1 Å². The second kappa shape index (κ2) is 4.28. The Labute approximate surface area is 77.8 Å². The highest BCUT2D eigenvalue weighted by atomic mass is 16.5. The van der Waals surface area contributed by atoms with Crippen molar-refractivity contribution < 1.29 is 14.6 Å². The third-order valence-electron chi connectivity index (χ3n) is 1.88. The summed E-state index contributed by atoms with van der Waals surface area (Å²) < 4.78 is 5.50. The molecule has 1 heterocycles. The van der Waals surface area contributed by atoms with Gasteiger partial charge in [-0.15, -0.1) is 0 Å². The van der Waals surface area contributed by atoms with Gasteiger partial charge in [0.25, 0.3) is 0 Å². The van der Waals surface area contributed by atoms with Crippen LogP contribution in [0.2, 0.25) is 0 Å². The fourth-order valence-electron chi connectivity index (χ4n) is 1.51. The Bertz CT molecular complexity index is 205. The van der Waals surface area contributed by atoms with Crippen LogP contribution >= 0.6 is 0 Å². The van der Waals surface area contributed by atoms with Crippen molar-refractivity contribution in [2.75, 3.05) is 13.1 Å². The maximum atomic E-state index is 10.3. The van der Waals surface area contributed by atoms with Gasteiger partial charge in [-0.05, 0) is 13.8 Å². The molecule has 2 unspecified atom stereocenters. The van der Waals surface area contributed by atoms with E-state index in [1.165, 1.54) is 0 Å². The summed E-state index contributed by atoms with van der Waals surface area (Å²) in [4.78, 5) is 12.2. The lowest BCUT2D eigenvalue weighted by molar-refractivity contribution is -0.131. The monoisotopic (exact) mass is 185 g/mol. The van der Waals surface area contributed by atoms with Gasteiger partial charge < -0.3 is 14.7 Å². The molecule has 1 fully saturated rings. The van der Waals surface area contributed by atoms with E-state index in [0.29, 0.717) is 0 Å². The summed E-state index contributed by atoms with van der Waals surface area (Å²) in [6.07, 6.45) is 3.10. The molecule has 0 aromatic rings. The van der Waals surface area contributed by atoms with Crippen LogP contribution in [0, 0.1) is 0 Å². The minimum Gasteiger partial charge on any atom is -0.478 e. The van der Waals surface area contributed by atoms with E-state index < -0.39 is 5.97 Å². The molecular formula is C9H15NO3. The molecule has 13 heavy (non-hydrogen) atoms. The molecule has 4 heteroatoms. The number of hydrogen-bond acceptors (Lipinski definition) is 3. The maximum absolute atomic E-state index is 10.3. The number of hydrogen-bond donors (Lipinski definition) is 1. The van der Waals surface area contributed by atoms with Gasteiger partial charge in [-0.25, -0.2) is 4.79 Å². The Balaban J connectivity index is 2.46. The van der Waals surface area contributed by atoms with Gasteiger partial charge in [0.2, 0.25) is 0 Å². The van der Waals surface area contributed by atoms with E-state index in [9.17, 15) is 4.79 Å². The predicted octanol–water partition coefficient (Wildman–Crippen LogP) is 0.694. The minimum absolute atomic E-state index is 0.169. The fraction of sp³-hybridized carbons (Fsp3) is 0.667. The molecule has 1 N–H and O–H groups in total. The van der Waals surface area contributed by atoms with Crippen LogP contribution in [0.5, 0.6) is 0 Å². The largest absolute Gasteiger partial charge is 0.478 e. The summed E-state index contributed by atoms with van der Waals surface area (Å²) >= 11 is 0. The molecule has 0 saturated carbocycles. The number of carbonyl (C=O) groups is 1. The first kappa shape index (κ1) is 10.1. The number of nitrogens with zero attached hydrogens (tertiary/aromatic N) is 1. The zero-order valence-corrected chi connectivity index (χ0v) is 7.93. The summed E-state index contributed by atoms with van der Waals surface area (Å²) in [6.45, 7) is 5.48. The molecule has 1 aliphatic rings. The third-order valence-corrected chi connectivity index (χ3v) is 1.88. The highest BCUT2D eigenvalue weighted by Gasteiger charge is 2.19. The molecule has 0 aromatic heterocycles. The molecule has 1 saturated heterocycles. The molecule has 0 bridgehead atoms. The quantitative estimate of drug-likeness (QED) is 0.643. The zero-order chi connectivity index (χ0) is 9.84. The number of morpholine rings is 1. The Hall–Kier alpha value is -1.03. The van der Waals surface area contributed by atoms with Gasteiger partial charge >= 0.3 is 5.97 Å². The first-order valence-corrected chi connectivity index (χ1v) is 4.38. The highest BCUT2D eigenvalue weighted by molar-refractivity contribution is 5.79. The van der Waals surface area contributed by atoms with Gasteiger partial charge in [0, 0.05) is 25.4 Å². The van der Waals surface area contributed by atoms with Crippen LogP contribution in [-0.4, -0.2) is 41.3 Å². The molecule has 4 nitrogen and oxygen atoms in total. The number of carboxylic acids is 1. The van der Waals surface area contributed by atoms with Crippen LogP contribution in [0.15, 0.2) is 12.3 Å². The van der Waals surface area contributed by atoms with Crippen LogP contribution in [-0.2, 0) is 9.53 Å². The number of ether oxygens (including phenoxy) is 1. The van der Waals surface area contributed by atoms with Gasteiger partial charge in [-0.1, -0.05) is 0 Å². The van der Waals surface area contributed by atoms with Crippen molar-refractivity contribution in [3.8, 4) is 0 Å². The van der Waals surface area contributed by atoms with Crippen LogP contribution in [0.25, 0.3) is 0 Å². The lowest BCUT2D eigenvalue weighted by atomic mass is 10.2. The topological polar surface area (TPSA) is 49.8 Å². The summed E-state index contributed by atoms with van der Waals surface area (Å²) in [5, 5.41) is 8.43. The lowest BCUT2D eigenvalue weighted by Crippen LogP contribution is -2.42. The van der Waals surface area contributed by atoms with Crippen LogP contribution in [0.4, 0.5) is 0 Å². The maximum Gasteiger partial charge on any atom is 0.329 e. The third kappa shape index (κ3) is 3.46. The summed E-state index contributed by atoms with van der Waals surface area (Å²) in [6, 6.07) is 0. The van der Waals surface area contributed by atoms with Crippen molar-refractivity contribution in [2.24, 2.45) is 0 Å². The van der Waals surface area contributed by atoms with Gasteiger partial charge in [-0.2, -0.15) is 0 Å². The van der Waals surface area contributed by atoms with Crippen LogP contribution in [0.1, 0.15) is 13.8 Å². The van der Waals surface area contributed by atoms with Crippen molar-refractivity contribution in [3.63, 3.8) is 0 Å². The zero-order valence-electron chi connectivity index (χ0n) is 7.93. The SMILES string of the molecule is CC1CN(/C=C/C(=O)O)CC(C)O1. The average Bonchev–Trinajstić information content (AvgIpc) is 1.99. The molecule has 0 spiro atoms. The van der Waals surface area contributed by atoms with Crippen molar-refractivity contribution in [3.05, 3.63) is 12.3 Å². The average molecular weight is 185 g/mol. The standard InChI is InChI=1S/C9H15NO3/c1-7-5-10(4-3-9(11)12)6-8(2)13-7/h3-4,7-8H,5-6H2,1-2H3,(H,11,12)/b4-3+. The van der Waals surface area contributed by atoms with Crippen LogP contribution < -0.4 is 0 Å². The molecule has 0 radical (unpaired) electrons. The normalized spacial score (nSPS) is 29.5. The van der Waals surface area contributed by atoms with E-state index in [0.717, 1.165) is 19.2 Å². The second-order valence-corrected chi connectivity index (χ2v) is 3.37. The minimum atomic E-state index is -0.910. The molecule has 1 rings (SSSR count). The second-order valence-electron chi connectivity index (χ2n) is 3.37. The lowest BCUT2D eigenvalue weighted by Gasteiger charge is -2.34. The van der Waals surface area contributed by atoms with E-state index in [1.807, 2.05) is 18.7 Å². The smallest absolute Gasteiger partial charge is 0.329 e. The predicted molar refractivity (Wildman–Crippen MR) is 48.4 cm³/mol. The summed E-state index contributed by atoms with van der Waals surface area (Å²) in [5.74, 6) is -0.910. The molecule has 2 atom stereocenters. The molecule has 74 valence electrons. The van der Waals surface area contributed by atoms with E-state index in [-0.39, 0.29) is 12.2 Å². The van der Waals surface area contributed by atoms with Gasteiger partial charge in [0.05, 0.1) is 12.2 Å². The van der Waals surface area contributed by atoms with E-state index >= 15 is 0 Å². The first-order chi connectivity index (χ1) is 6.08. The molecule has 1 aliphatic heterocycles. The van der Waals surface area contributed by atoms with Gasteiger partial charge in [-0.3, -0.25) is 0 Å². The first-order valence-electron chi connectivity index (χ1n) is 4.38. The Morgan fingerprint density at radius 3 is 2.46 bits per heavy atom. The van der Waals surface area contributed by atoms with Gasteiger partial charge in [0.1, 0.15) is 0 Å². The number of rotatable bonds is 2. The van der Waals surface area contributed by atoms with Crippen molar-refractivity contribution >= 4 is 5.97 Å². The Kier molecular flexibility index (Phi) is 3.31. The molecular weight excluding hydrogens is 170 g/mol. The van der Waals surface area contributed by atoms with Crippen LogP contribution in [0.3, 0.4) is 0 Å².